The van der Waals surface area contributed by atoms with Crippen molar-refractivity contribution in [1.29, 1.82) is 0 Å². The van der Waals surface area contributed by atoms with Crippen molar-refractivity contribution in [2.24, 2.45) is 7.05 Å². The van der Waals surface area contributed by atoms with Crippen LogP contribution in [0.25, 0.3) is 11.6 Å². The number of anilines is 1. The van der Waals surface area contributed by atoms with Gasteiger partial charge in [0, 0.05) is 12.7 Å². The summed E-state index contributed by atoms with van der Waals surface area (Å²) in [7, 11) is -2.18. The van der Waals surface area contributed by atoms with E-state index < -0.39 is 27.3 Å². The number of benzene rings is 1. The molecule has 3 rings (SSSR count). The average Bonchev–Trinajstić information content (AvgIpc) is 3.14. The molecule has 0 unspecified atom stereocenters. The van der Waals surface area contributed by atoms with Crippen molar-refractivity contribution in [1.82, 2.24) is 20.0 Å². The molecule has 0 radical (unpaired) electrons. The number of carbonyl (C=O) groups is 1. The van der Waals surface area contributed by atoms with Crippen LogP contribution in [0.2, 0.25) is 0 Å². The molecule has 2 aromatic heterocycles. The van der Waals surface area contributed by atoms with Crippen LogP contribution in [0, 0.1) is 12.7 Å². The summed E-state index contributed by atoms with van der Waals surface area (Å²) in [5.74, 6) is -2.19. The average molecular weight is 379 g/mol. The summed E-state index contributed by atoms with van der Waals surface area (Å²) in [6, 6.07) is 5.66. The molecule has 1 aromatic carbocycles. The van der Waals surface area contributed by atoms with E-state index in [0.717, 1.165) is 30.0 Å². The molecule has 0 aliphatic heterocycles. The molecule has 0 aliphatic rings. The van der Waals surface area contributed by atoms with E-state index in [1.165, 1.54) is 0 Å². The maximum atomic E-state index is 12.9. The van der Waals surface area contributed by atoms with Gasteiger partial charge in [-0.3, -0.25) is 14.8 Å². The third kappa shape index (κ3) is 3.77. The van der Waals surface area contributed by atoms with Crippen LogP contribution in [0.15, 0.2) is 39.6 Å². The van der Waals surface area contributed by atoms with E-state index in [1.54, 1.807) is 17.8 Å². The first-order chi connectivity index (χ1) is 12.2. The number of aromatic nitrogens is 4. The molecule has 26 heavy (non-hydrogen) atoms. The fourth-order valence-electron chi connectivity index (χ4n) is 2.10. The highest BCUT2D eigenvalue weighted by molar-refractivity contribution is 7.92. The van der Waals surface area contributed by atoms with Gasteiger partial charge in [-0.15, -0.1) is 5.10 Å². The van der Waals surface area contributed by atoms with Gasteiger partial charge in [-0.1, -0.05) is 5.10 Å². The van der Waals surface area contributed by atoms with Crippen molar-refractivity contribution < 1.29 is 22.0 Å². The molecule has 136 valence electrons. The molecule has 0 saturated heterocycles. The molecule has 0 spiro atoms. The zero-order chi connectivity index (χ0) is 18.9. The van der Waals surface area contributed by atoms with Gasteiger partial charge >= 0.3 is 6.01 Å². The third-order valence-electron chi connectivity index (χ3n) is 3.50. The Bertz CT molecular complexity index is 1040. The molecule has 9 nitrogen and oxygen atoms in total. The van der Waals surface area contributed by atoms with Gasteiger partial charge < -0.3 is 4.42 Å². The van der Waals surface area contributed by atoms with Crippen molar-refractivity contribution in [3.63, 3.8) is 0 Å². The van der Waals surface area contributed by atoms with Crippen molar-refractivity contribution in [2.45, 2.75) is 11.8 Å². The van der Waals surface area contributed by atoms with Crippen molar-refractivity contribution >= 4 is 21.8 Å². The SMILES string of the molecule is Cc1cc(-c2nnc(NC(=O)CS(=O)(=O)c3ccc(F)cc3)o2)nn1C. The van der Waals surface area contributed by atoms with Crippen LogP contribution < -0.4 is 5.32 Å². The molecular weight excluding hydrogens is 365 g/mol. The van der Waals surface area contributed by atoms with Gasteiger partial charge in [0.25, 0.3) is 5.89 Å². The Hall–Kier alpha value is -3.08. The van der Waals surface area contributed by atoms with Gasteiger partial charge in [-0.25, -0.2) is 12.8 Å². The third-order valence-corrected chi connectivity index (χ3v) is 5.13. The molecular formula is C15H14FN5O4S. The summed E-state index contributed by atoms with van der Waals surface area (Å²) in [5.41, 5.74) is 1.30. The lowest BCUT2D eigenvalue weighted by atomic mass is 10.4. The Labute approximate surface area is 147 Å². The number of amides is 1. The van der Waals surface area contributed by atoms with Crippen LogP contribution in [0.3, 0.4) is 0 Å². The minimum atomic E-state index is -3.93. The largest absolute Gasteiger partial charge is 0.401 e. The summed E-state index contributed by atoms with van der Waals surface area (Å²) < 4.78 is 44.1. The molecule has 0 saturated carbocycles. The van der Waals surface area contributed by atoms with Crippen LogP contribution in [-0.2, 0) is 21.7 Å². The van der Waals surface area contributed by atoms with Crippen molar-refractivity contribution in [3.8, 4) is 11.6 Å². The second-order valence-electron chi connectivity index (χ2n) is 5.47. The Balaban J connectivity index is 1.69. The van der Waals surface area contributed by atoms with Gasteiger partial charge in [0.1, 0.15) is 17.3 Å². The summed E-state index contributed by atoms with van der Waals surface area (Å²) in [6.45, 7) is 1.84. The summed E-state index contributed by atoms with van der Waals surface area (Å²) in [4.78, 5) is 11.8. The lowest BCUT2D eigenvalue weighted by Gasteiger charge is -2.03. The molecule has 11 heteroatoms. The predicted octanol–water partition coefficient (Wildman–Crippen LogP) is 1.33. The van der Waals surface area contributed by atoms with Gasteiger partial charge in [0.15, 0.2) is 9.84 Å². The maximum absolute atomic E-state index is 12.9. The number of hydrogen-bond acceptors (Lipinski definition) is 7. The lowest BCUT2D eigenvalue weighted by molar-refractivity contribution is -0.114. The maximum Gasteiger partial charge on any atom is 0.322 e. The Kier molecular flexibility index (Phi) is 4.55. The van der Waals surface area contributed by atoms with E-state index in [9.17, 15) is 17.6 Å². The number of carbonyl (C=O) groups excluding carboxylic acids is 1. The van der Waals surface area contributed by atoms with Crippen LogP contribution in [0.4, 0.5) is 10.4 Å². The molecule has 2 heterocycles. The second-order valence-corrected chi connectivity index (χ2v) is 7.46. The second kappa shape index (κ2) is 6.67. The van der Waals surface area contributed by atoms with Crippen LogP contribution in [-0.4, -0.2) is 40.1 Å². The van der Waals surface area contributed by atoms with Gasteiger partial charge in [0.2, 0.25) is 5.91 Å². The minimum Gasteiger partial charge on any atom is -0.401 e. The summed E-state index contributed by atoms with van der Waals surface area (Å²) in [5, 5.41) is 13.8. The molecule has 0 fully saturated rings. The molecule has 0 aliphatic carbocycles. The van der Waals surface area contributed by atoms with Gasteiger partial charge in [-0.05, 0) is 37.3 Å². The first-order valence-electron chi connectivity index (χ1n) is 7.37. The van der Waals surface area contributed by atoms with Gasteiger partial charge in [0.05, 0.1) is 4.90 Å². The monoisotopic (exact) mass is 379 g/mol. The zero-order valence-corrected chi connectivity index (χ0v) is 14.6. The van der Waals surface area contributed by atoms with E-state index in [1.807, 2.05) is 6.92 Å². The van der Waals surface area contributed by atoms with Crippen LogP contribution >= 0.6 is 0 Å². The summed E-state index contributed by atoms with van der Waals surface area (Å²) >= 11 is 0. The Morgan fingerprint density at radius 2 is 1.96 bits per heavy atom. The first kappa shape index (κ1) is 17.7. The normalized spacial score (nSPS) is 11.5. The quantitative estimate of drug-likeness (QED) is 0.664. The first-order valence-corrected chi connectivity index (χ1v) is 9.02. The number of sulfone groups is 1. The number of nitrogens with zero attached hydrogens (tertiary/aromatic N) is 4. The highest BCUT2D eigenvalue weighted by atomic mass is 32.2. The highest BCUT2D eigenvalue weighted by Gasteiger charge is 2.21. The molecule has 1 N–H and O–H groups in total. The van der Waals surface area contributed by atoms with E-state index in [-0.39, 0.29) is 16.8 Å². The number of rotatable bonds is 5. The Morgan fingerprint density at radius 1 is 1.27 bits per heavy atom. The lowest BCUT2D eigenvalue weighted by Crippen LogP contribution is -2.23. The number of nitrogens with one attached hydrogen (secondary N) is 1. The number of aryl methyl sites for hydroxylation is 2. The van der Waals surface area contributed by atoms with Crippen LogP contribution in [0.5, 0.6) is 0 Å². The van der Waals surface area contributed by atoms with Crippen molar-refractivity contribution in [3.05, 3.63) is 41.8 Å². The predicted molar refractivity (Wildman–Crippen MR) is 88.3 cm³/mol. The molecule has 0 bridgehead atoms. The molecule has 3 aromatic rings. The van der Waals surface area contributed by atoms with E-state index in [4.69, 9.17) is 4.42 Å². The minimum absolute atomic E-state index is 0.0883. The topological polar surface area (TPSA) is 120 Å². The summed E-state index contributed by atoms with van der Waals surface area (Å²) in [6.07, 6.45) is 0. The van der Waals surface area contributed by atoms with Crippen LogP contribution in [0.1, 0.15) is 5.69 Å². The molecule has 1 amide bonds. The molecule has 0 atom stereocenters. The standard InChI is InChI=1S/C15H14FN5O4S/c1-9-7-12(20-21(9)2)14-18-19-15(25-14)17-13(22)8-26(23,24)11-5-3-10(16)4-6-11/h3-7H,8H2,1-2H3,(H,17,19,22). The van der Waals surface area contributed by atoms with E-state index in [2.05, 4.69) is 20.6 Å². The highest BCUT2D eigenvalue weighted by Crippen LogP contribution is 2.19. The fourth-order valence-corrected chi connectivity index (χ4v) is 3.23. The van der Waals surface area contributed by atoms with E-state index >= 15 is 0 Å². The number of halogens is 1. The van der Waals surface area contributed by atoms with Crippen molar-refractivity contribution in [2.75, 3.05) is 11.1 Å². The van der Waals surface area contributed by atoms with E-state index in [0.29, 0.717) is 5.69 Å². The Morgan fingerprint density at radius 3 is 2.58 bits per heavy atom. The zero-order valence-electron chi connectivity index (χ0n) is 13.8. The number of hydrogen-bond donors (Lipinski definition) is 1. The smallest absolute Gasteiger partial charge is 0.322 e. The fraction of sp³-hybridized carbons (Fsp3) is 0.200. The van der Waals surface area contributed by atoms with Gasteiger partial charge in [-0.2, -0.15) is 5.10 Å².